The highest BCUT2D eigenvalue weighted by Gasteiger charge is 2.19. The highest BCUT2D eigenvalue weighted by atomic mass is 16.7. The summed E-state index contributed by atoms with van der Waals surface area (Å²) in [6, 6.07) is 6.67. The van der Waals surface area contributed by atoms with Gasteiger partial charge in [0.05, 0.1) is 13.2 Å². The van der Waals surface area contributed by atoms with E-state index in [0.29, 0.717) is 13.2 Å². The summed E-state index contributed by atoms with van der Waals surface area (Å²) in [5.41, 5.74) is 10.0. The molecule has 1 aliphatic rings. The standard InChI is InChI=1S/C14H21NO2/c1-10-5-11(2)7-12(6-10)8-13(15)9-14-16-3-4-17-14/h5-7,13-14H,3-4,8-9,15H2,1-2H3. The second-order valence-electron chi connectivity index (χ2n) is 4.87. The lowest BCUT2D eigenvalue weighted by Gasteiger charge is -2.16. The van der Waals surface area contributed by atoms with Gasteiger partial charge in [0.1, 0.15) is 0 Å². The summed E-state index contributed by atoms with van der Waals surface area (Å²) in [5.74, 6) is 0. The lowest BCUT2D eigenvalue weighted by atomic mass is 10.00. The van der Waals surface area contributed by atoms with E-state index in [-0.39, 0.29) is 12.3 Å². The first kappa shape index (κ1) is 12.6. The zero-order chi connectivity index (χ0) is 12.3. The fourth-order valence-electron chi connectivity index (χ4n) is 2.36. The van der Waals surface area contributed by atoms with Crippen LogP contribution in [0.3, 0.4) is 0 Å². The molecule has 2 rings (SSSR count). The molecule has 1 aromatic rings. The van der Waals surface area contributed by atoms with Crippen molar-refractivity contribution in [3.05, 3.63) is 34.9 Å². The Labute approximate surface area is 103 Å². The van der Waals surface area contributed by atoms with Gasteiger partial charge in [-0.2, -0.15) is 0 Å². The number of hydrogen-bond acceptors (Lipinski definition) is 3. The van der Waals surface area contributed by atoms with Crippen molar-refractivity contribution in [1.29, 1.82) is 0 Å². The summed E-state index contributed by atoms with van der Waals surface area (Å²) in [6.45, 7) is 5.62. The van der Waals surface area contributed by atoms with Crippen LogP contribution in [0, 0.1) is 13.8 Å². The molecule has 0 saturated carbocycles. The predicted octanol–water partition coefficient (Wildman–Crippen LogP) is 1.94. The minimum absolute atomic E-state index is 0.0966. The first-order valence-corrected chi connectivity index (χ1v) is 6.19. The van der Waals surface area contributed by atoms with Gasteiger partial charge >= 0.3 is 0 Å². The molecule has 1 aromatic carbocycles. The van der Waals surface area contributed by atoms with Crippen LogP contribution < -0.4 is 5.73 Å². The lowest BCUT2D eigenvalue weighted by Crippen LogP contribution is -2.28. The molecule has 0 aromatic heterocycles. The van der Waals surface area contributed by atoms with Crippen molar-refractivity contribution >= 4 is 0 Å². The SMILES string of the molecule is Cc1cc(C)cc(CC(N)CC2OCCO2)c1. The summed E-state index contributed by atoms with van der Waals surface area (Å²) in [4.78, 5) is 0. The van der Waals surface area contributed by atoms with Crippen LogP contribution in [0.15, 0.2) is 18.2 Å². The molecule has 1 heterocycles. The van der Waals surface area contributed by atoms with Gasteiger partial charge in [-0.15, -0.1) is 0 Å². The van der Waals surface area contributed by atoms with Crippen LogP contribution >= 0.6 is 0 Å². The smallest absolute Gasteiger partial charge is 0.159 e. The van der Waals surface area contributed by atoms with E-state index >= 15 is 0 Å². The van der Waals surface area contributed by atoms with Crippen molar-refractivity contribution in [2.75, 3.05) is 13.2 Å². The van der Waals surface area contributed by atoms with Gasteiger partial charge in [-0.25, -0.2) is 0 Å². The maximum atomic E-state index is 6.13. The second kappa shape index (κ2) is 5.63. The van der Waals surface area contributed by atoms with Crippen LogP contribution in [0.4, 0.5) is 0 Å². The number of hydrogen-bond donors (Lipinski definition) is 1. The molecule has 1 saturated heterocycles. The topological polar surface area (TPSA) is 44.5 Å². The molecule has 17 heavy (non-hydrogen) atoms. The van der Waals surface area contributed by atoms with Crippen molar-refractivity contribution in [3.63, 3.8) is 0 Å². The molecule has 1 aliphatic heterocycles. The number of ether oxygens (including phenoxy) is 2. The third kappa shape index (κ3) is 3.80. The molecule has 1 atom stereocenters. The molecule has 3 heteroatoms. The zero-order valence-corrected chi connectivity index (χ0v) is 10.6. The Morgan fingerprint density at radius 2 is 1.76 bits per heavy atom. The molecule has 0 amide bonds. The summed E-state index contributed by atoms with van der Waals surface area (Å²) >= 11 is 0. The Morgan fingerprint density at radius 3 is 2.35 bits per heavy atom. The minimum atomic E-state index is -0.101. The highest BCUT2D eigenvalue weighted by Crippen LogP contribution is 2.15. The fraction of sp³-hybridized carbons (Fsp3) is 0.571. The summed E-state index contributed by atoms with van der Waals surface area (Å²) in [7, 11) is 0. The van der Waals surface area contributed by atoms with E-state index in [1.165, 1.54) is 16.7 Å². The van der Waals surface area contributed by atoms with Crippen LogP contribution in [0.1, 0.15) is 23.1 Å². The third-order valence-corrected chi connectivity index (χ3v) is 2.97. The first-order valence-electron chi connectivity index (χ1n) is 6.19. The number of benzene rings is 1. The molecule has 0 spiro atoms. The maximum absolute atomic E-state index is 6.13. The van der Waals surface area contributed by atoms with E-state index in [1.807, 2.05) is 0 Å². The van der Waals surface area contributed by atoms with Gasteiger partial charge in [0.25, 0.3) is 0 Å². The molecular formula is C14H21NO2. The zero-order valence-electron chi connectivity index (χ0n) is 10.6. The quantitative estimate of drug-likeness (QED) is 0.867. The van der Waals surface area contributed by atoms with Crippen LogP contribution in [0.5, 0.6) is 0 Å². The third-order valence-electron chi connectivity index (χ3n) is 2.97. The van der Waals surface area contributed by atoms with E-state index in [4.69, 9.17) is 15.2 Å². The van der Waals surface area contributed by atoms with Crippen molar-refractivity contribution in [3.8, 4) is 0 Å². The molecular weight excluding hydrogens is 214 g/mol. The van der Waals surface area contributed by atoms with Gasteiger partial charge in [-0.05, 0) is 25.8 Å². The molecule has 94 valence electrons. The van der Waals surface area contributed by atoms with Gasteiger partial charge in [-0.3, -0.25) is 0 Å². The van der Waals surface area contributed by atoms with E-state index < -0.39 is 0 Å². The number of rotatable bonds is 4. The first-order chi connectivity index (χ1) is 8.13. The monoisotopic (exact) mass is 235 g/mol. The van der Waals surface area contributed by atoms with Crippen molar-refractivity contribution in [1.82, 2.24) is 0 Å². The highest BCUT2D eigenvalue weighted by molar-refractivity contribution is 5.29. The summed E-state index contributed by atoms with van der Waals surface area (Å²) < 4.78 is 10.8. The average molecular weight is 235 g/mol. The fourth-order valence-corrected chi connectivity index (χ4v) is 2.36. The molecule has 0 aliphatic carbocycles. The lowest BCUT2D eigenvalue weighted by molar-refractivity contribution is -0.0504. The average Bonchev–Trinajstić information content (AvgIpc) is 2.67. The Balaban J connectivity index is 1.90. The Kier molecular flexibility index (Phi) is 4.15. The molecule has 1 unspecified atom stereocenters. The largest absolute Gasteiger partial charge is 0.350 e. The van der Waals surface area contributed by atoms with Crippen LogP contribution in [0.25, 0.3) is 0 Å². The van der Waals surface area contributed by atoms with Crippen LogP contribution in [-0.2, 0) is 15.9 Å². The van der Waals surface area contributed by atoms with Crippen LogP contribution in [0.2, 0.25) is 0 Å². The number of nitrogens with two attached hydrogens (primary N) is 1. The van der Waals surface area contributed by atoms with E-state index in [9.17, 15) is 0 Å². The van der Waals surface area contributed by atoms with E-state index in [2.05, 4.69) is 32.0 Å². The number of aryl methyl sites for hydroxylation is 2. The van der Waals surface area contributed by atoms with E-state index in [0.717, 1.165) is 12.8 Å². The second-order valence-corrected chi connectivity index (χ2v) is 4.87. The van der Waals surface area contributed by atoms with Crippen molar-refractivity contribution in [2.24, 2.45) is 5.73 Å². The molecule has 3 nitrogen and oxygen atoms in total. The molecule has 1 fully saturated rings. The van der Waals surface area contributed by atoms with Gasteiger partial charge in [0.15, 0.2) is 6.29 Å². The predicted molar refractivity (Wildman–Crippen MR) is 67.9 cm³/mol. The molecule has 2 N–H and O–H groups in total. The Bertz CT molecular complexity index is 352. The maximum Gasteiger partial charge on any atom is 0.159 e. The van der Waals surface area contributed by atoms with Gasteiger partial charge in [0.2, 0.25) is 0 Å². The summed E-state index contributed by atoms with van der Waals surface area (Å²) in [5, 5.41) is 0. The minimum Gasteiger partial charge on any atom is -0.350 e. The van der Waals surface area contributed by atoms with Crippen molar-refractivity contribution < 1.29 is 9.47 Å². The summed E-state index contributed by atoms with van der Waals surface area (Å²) in [6.07, 6.45) is 1.55. The van der Waals surface area contributed by atoms with Crippen molar-refractivity contribution in [2.45, 2.75) is 39.0 Å². The van der Waals surface area contributed by atoms with E-state index in [1.54, 1.807) is 0 Å². The van der Waals surface area contributed by atoms with Gasteiger partial charge < -0.3 is 15.2 Å². The molecule has 0 bridgehead atoms. The van der Waals surface area contributed by atoms with Gasteiger partial charge in [0, 0.05) is 12.5 Å². The Morgan fingerprint density at radius 1 is 1.18 bits per heavy atom. The Hall–Kier alpha value is -0.900. The van der Waals surface area contributed by atoms with Crippen LogP contribution in [-0.4, -0.2) is 25.5 Å². The van der Waals surface area contributed by atoms with Gasteiger partial charge in [-0.1, -0.05) is 29.3 Å². The normalized spacial score (nSPS) is 18.5. The molecule has 0 radical (unpaired) electrons.